The van der Waals surface area contributed by atoms with E-state index < -0.39 is 5.79 Å². The van der Waals surface area contributed by atoms with E-state index in [9.17, 15) is 4.79 Å². The zero-order valence-corrected chi connectivity index (χ0v) is 10.7. The predicted octanol–water partition coefficient (Wildman–Crippen LogP) is 2.19. The zero-order chi connectivity index (χ0) is 12.4. The fourth-order valence-electron chi connectivity index (χ4n) is 5.08. The quantitative estimate of drug-likeness (QED) is 0.372. The molecule has 0 aromatic carbocycles. The van der Waals surface area contributed by atoms with Gasteiger partial charge in [0.2, 0.25) is 0 Å². The van der Waals surface area contributed by atoms with Gasteiger partial charge in [0.1, 0.15) is 6.10 Å². The van der Waals surface area contributed by atoms with E-state index in [1.807, 2.05) is 6.92 Å². The maximum Gasteiger partial charge on any atom is 0.336 e. The van der Waals surface area contributed by atoms with Crippen LogP contribution in [0, 0.1) is 23.2 Å². The highest BCUT2D eigenvalue weighted by Gasteiger charge is 2.82. The van der Waals surface area contributed by atoms with Crippen molar-refractivity contribution < 1.29 is 14.3 Å². The first-order chi connectivity index (χ1) is 8.50. The maximum absolute atomic E-state index is 11.8. The lowest BCUT2D eigenvalue weighted by atomic mass is 9.63. The topological polar surface area (TPSA) is 38.8 Å². The Kier molecular flexibility index (Phi) is 1.27. The molecule has 3 aliphatic carbocycles. The number of allylic oxidation sites excluding steroid dienone is 1. The van der Waals surface area contributed by atoms with Crippen LogP contribution in [0.25, 0.3) is 0 Å². The van der Waals surface area contributed by atoms with Gasteiger partial charge in [-0.25, -0.2) is 4.79 Å². The van der Waals surface area contributed by atoms with Crippen molar-refractivity contribution in [1.29, 1.82) is 0 Å². The molecule has 5 aliphatic rings. The first-order valence-electron chi connectivity index (χ1n) is 6.80. The molecule has 0 amide bonds. The molecule has 1 spiro atoms. The van der Waals surface area contributed by atoms with E-state index >= 15 is 0 Å². The third-order valence-electron chi connectivity index (χ3n) is 6.24. The smallest absolute Gasteiger partial charge is 0.336 e. The predicted molar refractivity (Wildman–Crippen MR) is 63.3 cm³/mol. The van der Waals surface area contributed by atoms with Crippen molar-refractivity contribution in [2.45, 2.75) is 38.6 Å². The highest BCUT2D eigenvalue weighted by atomic mass is 16.8. The first-order valence-corrected chi connectivity index (χ1v) is 6.80. The van der Waals surface area contributed by atoms with Crippen LogP contribution in [-0.2, 0) is 14.3 Å². The van der Waals surface area contributed by atoms with Crippen LogP contribution in [0.4, 0.5) is 0 Å². The van der Waals surface area contributed by atoms with Gasteiger partial charge >= 0.3 is 5.97 Å². The number of hydrogen-bond donors (Lipinski definition) is 0. The van der Waals surface area contributed by atoms with Crippen LogP contribution in [-0.4, -0.2) is 17.9 Å². The Balaban J connectivity index is 1.69. The molecule has 0 bridgehead atoms. The summed E-state index contributed by atoms with van der Waals surface area (Å²) >= 11 is 0. The summed E-state index contributed by atoms with van der Waals surface area (Å²) in [5.41, 5.74) is 3.41. The zero-order valence-electron chi connectivity index (χ0n) is 10.7. The van der Waals surface area contributed by atoms with E-state index in [0.29, 0.717) is 17.8 Å². The van der Waals surface area contributed by atoms with Gasteiger partial charge < -0.3 is 9.47 Å². The average molecular weight is 244 g/mol. The summed E-state index contributed by atoms with van der Waals surface area (Å²) in [6.07, 6.45) is 2.25. The second kappa shape index (κ2) is 2.34. The molecule has 0 unspecified atom stereocenters. The summed E-state index contributed by atoms with van der Waals surface area (Å²) in [5.74, 6) is 1.05. The number of hydrogen-bond acceptors (Lipinski definition) is 3. The molecule has 18 heavy (non-hydrogen) atoms. The summed E-state index contributed by atoms with van der Waals surface area (Å²) in [4.78, 5) is 11.8. The minimum absolute atomic E-state index is 0.0781. The molecule has 0 aromatic rings. The van der Waals surface area contributed by atoms with Crippen LogP contribution in [0.5, 0.6) is 0 Å². The van der Waals surface area contributed by atoms with Gasteiger partial charge in [-0.2, -0.15) is 0 Å². The van der Waals surface area contributed by atoms with Crippen molar-refractivity contribution in [3.63, 3.8) is 0 Å². The minimum atomic E-state index is -0.663. The molecule has 4 fully saturated rings. The molecule has 3 heteroatoms. The van der Waals surface area contributed by atoms with Crippen LogP contribution < -0.4 is 0 Å². The van der Waals surface area contributed by atoms with Crippen molar-refractivity contribution >= 4 is 5.97 Å². The summed E-state index contributed by atoms with van der Waals surface area (Å²) in [7, 11) is 0. The fourth-order valence-corrected chi connectivity index (χ4v) is 5.08. The van der Waals surface area contributed by atoms with Gasteiger partial charge in [-0.05, 0) is 37.5 Å². The van der Waals surface area contributed by atoms with Crippen LogP contribution in [0.3, 0.4) is 0 Å². The van der Waals surface area contributed by atoms with E-state index in [-0.39, 0.29) is 17.5 Å². The van der Waals surface area contributed by atoms with Gasteiger partial charge in [-0.1, -0.05) is 19.1 Å². The Morgan fingerprint density at radius 2 is 2.22 bits per heavy atom. The van der Waals surface area contributed by atoms with Crippen molar-refractivity contribution in [3.8, 4) is 0 Å². The van der Waals surface area contributed by atoms with Crippen LogP contribution in [0.2, 0.25) is 0 Å². The standard InChI is InChI=1S/C15H16O3/c1-6-8-4-11(8)14(3)9(6)5-10-7(2)12(16)17-15(10)13(14)18-15/h8-9,11,13H,1,4-5H2,2-3H3/t8-,9+,11-,13+,14-,15-/m1/s1. The van der Waals surface area contributed by atoms with Crippen molar-refractivity contribution in [2.75, 3.05) is 0 Å². The van der Waals surface area contributed by atoms with Gasteiger partial charge in [-0.15, -0.1) is 0 Å². The Morgan fingerprint density at radius 3 is 3.00 bits per heavy atom. The second-order valence-corrected chi connectivity index (χ2v) is 6.80. The first kappa shape index (κ1) is 9.79. The van der Waals surface area contributed by atoms with Gasteiger partial charge in [0.25, 0.3) is 5.79 Å². The number of epoxide rings is 1. The van der Waals surface area contributed by atoms with E-state index in [0.717, 1.165) is 17.6 Å². The number of rotatable bonds is 0. The fraction of sp³-hybridized carbons (Fsp3) is 0.667. The van der Waals surface area contributed by atoms with Gasteiger partial charge in [0.15, 0.2) is 0 Å². The number of carbonyl (C=O) groups excluding carboxylic acids is 1. The van der Waals surface area contributed by atoms with Crippen LogP contribution in [0.1, 0.15) is 26.7 Å². The molecule has 3 nitrogen and oxygen atoms in total. The van der Waals surface area contributed by atoms with Gasteiger partial charge in [-0.3, -0.25) is 0 Å². The maximum atomic E-state index is 11.8. The molecule has 2 heterocycles. The lowest BCUT2D eigenvalue weighted by Crippen LogP contribution is -2.42. The Hall–Kier alpha value is -1.09. The van der Waals surface area contributed by atoms with E-state index in [4.69, 9.17) is 9.47 Å². The number of fused-ring (bicyclic) bond motifs is 4. The van der Waals surface area contributed by atoms with Crippen molar-refractivity contribution in [1.82, 2.24) is 0 Å². The minimum Gasteiger partial charge on any atom is -0.423 e. The Morgan fingerprint density at radius 1 is 1.44 bits per heavy atom. The largest absolute Gasteiger partial charge is 0.423 e. The third kappa shape index (κ3) is 0.729. The lowest BCUT2D eigenvalue weighted by Gasteiger charge is -2.38. The van der Waals surface area contributed by atoms with E-state index in [1.165, 1.54) is 12.0 Å². The molecule has 2 aliphatic heterocycles. The summed E-state index contributed by atoms with van der Waals surface area (Å²) in [6.45, 7) is 8.50. The SMILES string of the molecule is C=C1[C@H]2C[C@H]2[C@]2(C)[C@@H]3O[C@@]34OC(=O)C(C)=C4C[C@@H]12. The van der Waals surface area contributed by atoms with Gasteiger partial charge in [0.05, 0.1) is 0 Å². The lowest BCUT2D eigenvalue weighted by molar-refractivity contribution is -0.146. The number of ether oxygens (including phenoxy) is 2. The molecule has 3 saturated carbocycles. The number of carbonyl (C=O) groups is 1. The highest BCUT2D eigenvalue weighted by molar-refractivity contribution is 5.93. The van der Waals surface area contributed by atoms with Crippen molar-refractivity contribution in [2.24, 2.45) is 23.2 Å². The van der Waals surface area contributed by atoms with Crippen LogP contribution in [0.15, 0.2) is 23.3 Å². The summed E-state index contributed by atoms with van der Waals surface area (Å²) < 4.78 is 11.5. The monoisotopic (exact) mass is 244 g/mol. The highest BCUT2D eigenvalue weighted by Crippen LogP contribution is 2.78. The molecule has 0 radical (unpaired) electrons. The molecular weight excluding hydrogens is 228 g/mol. The molecule has 0 aromatic heterocycles. The second-order valence-electron chi connectivity index (χ2n) is 6.80. The molecule has 0 N–H and O–H groups in total. The molecular formula is C15H16O3. The Bertz CT molecular complexity index is 574. The summed E-state index contributed by atoms with van der Waals surface area (Å²) in [5, 5.41) is 0. The average Bonchev–Trinajstić information content (AvgIpc) is 3.18. The molecule has 94 valence electrons. The Labute approximate surface area is 106 Å². The molecule has 6 atom stereocenters. The van der Waals surface area contributed by atoms with Gasteiger partial charge in [0, 0.05) is 16.6 Å². The normalized spacial score (nSPS) is 58.8. The van der Waals surface area contributed by atoms with Crippen molar-refractivity contribution in [3.05, 3.63) is 23.3 Å². The molecule has 5 rings (SSSR count). The van der Waals surface area contributed by atoms with E-state index in [2.05, 4.69) is 13.5 Å². The number of esters is 1. The van der Waals surface area contributed by atoms with E-state index in [1.54, 1.807) is 0 Å². The molecule has 1 saturated heterocycles. The summed E-state index contributed by atoms with van der Waals surface area (Å²) in [6, 6.07) is 0. The van der Waals surface area contributed by atoms with Crippen LogP contribution >= 0.6 is 0 Å². The third-order valence-corrected chi connectivity index (χ3v) is 6.24.